The van der Waals surface area contributed by atoms with E-state index in [1.165, 1.54) is 0 Å². The van der Waals surface area contributed by atoms with E-state index in [0.717, 1.165) is 50.8 Å². The zero-order valence-corrected chi connectivity index (χ0v) is 24.3. The summed E-state index contributed by atoms with van der Waals surface area (Å²) in [5.41, 5.74) is 8.53. The van der Waals surface area contributed by atoms with Gasteiger partial charge in [-0.2, -0.15) is 0 Å². The largest absolute Gasteiger partial charge is 0.497 e. The number of hydrogen-bond donors (Lipinski definition) is 0. The van der Waals surface area contributed by atoms with Gasteiger partial charge in [0.1, 0.15) is 17.1 Å². The fourth-order valence-corrected chi connectivity index (χ4v) is 5.49. The number of para-hydroxylation sites is 1. The van der Waals surface area contributed by atoms with E-state index in [1.54, 1.807) is 18.6 Å². The molecule has 0 saturated heterocycles. The van der Waals surface area contributed by atoms with E-state index < -0.39 is 0 Å². The number of fused-ring (bicyclic) bond motifs is 2. The predicted molar refractivity (Wildman–Crippen MR) is 178 cm³/mol. The fraction of sp³-hybridized carbons (Fsp3) is 0.0526. The lowest BCUT2D eigenvalue weighted by Crippen LogP contribution is -2.15. The maximum Gasteiger partial charge on any atom is 0.265 e. The third kappa shape index (κ3) is 5.03. The van der Waals surface area contributed by atoms with Crippen molar-refractivity contribution in [2.24, 2.45) is 0 Å². The summed E-state index contributed by atoms with van der Waals surface area (Å²) in [5.74, 6) is 1.62. The summed E-state index contributed by atoms with van der Waals surface area (Å²) in [6.07, 6.45) is 1.87. The number of benzene rings is 5. The van der Waals surface area contributed by atoms with Crippen LogP contribution in [0.5, 0.6) is 11.5 Å². The maximum atomic E-state index is 13.1. The van der Waals surface area contributed by atoms with Crippen LogP contribution in [0, 0.1) is 0 Å². The quantitative estimate of drug-likeness (QED) is 0.178. The number of rotatable bonds is 7. The summed E-state index contributed by atoms with van der Waals surface area (Å²) < 4.78 is 12.4. The van der Waals surface area contributed by atoms with Gasteiger partial charge in [0.15, 0.2) is 0 Å². The normalized spacial score (nSPS) is 11.0. The van der Waals surface area contributed by atoms with Crippen molar-refractivity contribution in [2.45, 2.75) is 0 Å². The molecular formula is C38H29N3O3. The molecule has 6 nitrogen and oxygen atoms in total. The van der Waals surface area contributed by atoms with E-state index in [1.807, 2.05) is 66.9 Å². The molecule has 0 radical (unpaired) electrons. The summed E-state index contributed by atoms with van der Waals surface area (Å²) in [4.78, 5) is 20.0. The molecule has 214 valence electrons. The first-order valence-corrected chi connectivity index (χ1v) is 14.3. The highest BCUT2D eigenvalue weighted by Crippen LogP contribution is 2.37. The first kappa shape index (κ1) is 27.0. The first-order chi connectivity index (χ1) is 21.6. The van der Waals surface area contributed by atoms with Crippen molar-refractivity contribution in [3.05, 3.63) is 150 Å². The molecule has 6 heteroatoms. The van der Waals surface area contributed by atoms with Crippen molar-refractivity contribution in [2.75, 3.05) is 19.1 Å². The van der Waals surface area contributed by atoms with Gasteiger partial charge in [-0.15, -0.1) is 0 Å². The van der Waals surface area contributed by atoms with Gasteiger partial charge in [-0.25, -0.2) is 4.98 Å². The molecule has 0 bridgehead atoms. The lowest BCUT2D eigenvalue weighted by molar-refractivity contribution is 0.415. The third-order valence-electron chi connectivity index (χ3n) is 7.85. The van der Waals surface area contributed by atoms with Crippen molar-refractivity contribution >= 4 is 33.6 Å². The van der Waals surface area contributed by atoms with E-state index >= 15 is 0 Å². The molecule has 0 amide bonds. The van der Waals surface area contributed by atoms with Crippen LogP contribution in [-0.2, 0) is 0 Å². The maximum absolute atomic E-state index is 13.1. The summed E-state index contributed by atoms with van der Waals surface area (Å²) in [5, 5.41) is 0.610. The monoisotopic (exact) mass is 575 g/mol. The molecule has 0 unspecified atom stereocenters. The molecule has 0 fully saturated rings. The number of pyridine rings is 1. The van der Waals surface area contributed by atoms with Crippen LogP contribution in [-0.4, -0.2) is 23.6 Å². The van der Waals surface area contributed by atoms with Gasteiger partial charge in [0.2, 0.25) is 0 Å². The van der Waals surface area contributed by atoms with Crippen molar-refractivity contribution in [3.8, 4) is 33.8 Å². The number of aromatic nitrogens is 2. The van der Waals surface area contributed by atoms with Crippen molar-refractivity contribution in [1.82, 2.24) is 9.38 Å². The number of methoxy groups -OCH3 is 2. The van der Waals surface area contributed by atoms with E-state index in [-0.39, 0.29) is 5.56 Å². The summed E-state index contributed by atoms with van der Waals surface area (Å²) in [7, 11) is 3.34. The van der Waals surface area contributed by atoms with Gasteiger partial charge in [-0.05, 0) is 107 Å². The molecule has 0 aliphatic rings. The molecule has 0 N–H and O–H groups in total. The van der Waals surface area contributed by atoms with Gasteiger partial charge in [-0.3, -0.25) is 9.20 Å². The molecule has 7 aromatic rings. The minimum absolute atomic E-state index is 0.0671. The highest BCUT2D eigenvalue weighted by Gasteiger charge is 2.14. The lowest BCUT2D eigenvalue weighted by Gasteiger charge is -2.26. The second kappa shape index (κ2) is 11.4. The van der Waals surface area contributed by atoms with E-state index in [9.17, 15) is 4.79 Å². The van der Waals surface area contributed by atoms with Gasteiger partial charge >= 0.3 is 0 Å². The number of hydrogen-bond acceptors (Lipinski definition) is 5. The molecule has 2 heterocycles. The molecular weight excluding hydrogens is 546 g/mol. The Bertz CT molecular complexity index is 2090. The van der Waals surface area contributed by atoms with E-state index in [0.29, 0.717) is 16.6 Å². The fourth-order valence-electron chi connectivity index (χ4n) is 5.49. The van der Waals surface area contributed by atoms with Gasteiger partial charge in [0.25, 0.3) is 5.56 Å². The zero-order valence-electron chi connectivity index (χ0n) is 24.3. The zero-order chi connectivity index (χ0) is 30.0. The van der Waals surface area contributed by atoms with Gasteiger partial charge in [0, 0.05) is 23.3 Å². The Morgan fingerprint density at radius 1 is 0.545 bits per heavy atom. The smallest absolute Gasteiger partial charge is 0.265 e. The highest BCUT2D eigenvalue weighted by molar-refractivity contribution is 5.81. The van der Waals surface area contributed by atoms with Crippen molar-refractivity contribution < 1.29 is 9.47 Å². The molecule has 5 aromatic carbocycles. The first-order valence-electron chi connectivity index (χ1n) is 14.3. The van der Waals surface area contributed by atoms with Crippen LogP contribution < -0.4 is 19.9 Å². The van der Waals surface area contributed by atoms with E-state index in [4.69, 9.17) is 9.47 Å². The number of anilines is 3. The summed E-state index contributed by atoms with van der Waals surface area (Å²) in [6, 6.07) is 44.3. The van der Waals surface area contributed by atoms with Gasteiger partial charge < -0.3 is 14.4 Å². The van der Waals surface area contributed by atoms with Crippen LogP contribution in [0.25, 0.3) is 38.8 Å². The second-order valence-corrected chi connectivity index (χ2v) is 10.4. The third-order valence-corrected chi connectivity index (χ3v) is 7.85. The van der Waals surface area contributed by atoms with Crippen molar-refractivity contribution in [3.63, 3.8) is 0 Å². The lowest BCUT2D eigenvalue weighted by atomic mass is 10.0. The minimum Gasteiger partial charge on any atom is -0.497 e. The molecule has 0 atom stereocenters. The highest BCUT2D eigenvalue weighted by atomic mass is 16.5. The Kier molecular flexibility index (Phi) is 7.00. The minimum atomic E-state index is -0.0671. The second-order valence-electron chi connectivity index (χ2n) is 10.4. The summed E-state index contributed by atoms with van der Waals surface area (Å²) >= 11 is 0. The van der Waals surface area contributed by atoms with Crippen LogP contribution in [0.1, 0.15) is 0 Å². The van der Waals surface area contributed by atoms with Crippen LogP contribution >= 0.6 is 0 Å². The Labute approximate surface area is 255 Å². The van der Waals surface area contributed by atoms with Crippen LogP contribution in [0.2, 0.25) is 0 Å². The molecule has 0 aliphatic heterocycles. The van der Waals surface area contributed by atoms with Gasteiger partial charge in [0.05, 0.1) is 25.1 Å². The van der Waals surface area contributed by atoms with Crippen LogP contribution in [0.15, 0.2) is 144 Å². The number of nitrogens with zero attached hydrogens (tertiary/aromatic N) is 3. The topological polar surface area (TPSA) is 56.1 Å². The molecule has 0 spiro atoms. The van der Waals surface area contributed by atoms with Crippen molar-refractivity contribution in [1.29, 1.82) is 0 Å². The Morgan fingerprint density at radius 2 is 1.00 bits per heavy atom. The number of ether oxygens (including phenoxy) is 2. The average molecular weight is 576 g/mol. The molecule has 2 aromatic heterocycles. The summed E-state index contributed by atoms with van der Waals surface area (Å²) in [6.45, 7) is 0. The molecule has 7 rings (SSSR count). The van der Waals surface area contributed by atoms with Gasteiger partial charge in [-0.1, -0.05) is 48.5 Å². The molecule has 0 aliphatic carbocycles. The van der Waals surface area contributed by atoms with E-state index in [2.05, 4.69) is 82.7 Å². The molecule has 44 heavy (non-hydrogen) atoms. The van der Waals surface area contributed by atoms with Crippen LogP contribution in [0.3, 0.4) is 0 Å². The Balaban J connectivity index is 1.18. The standard InChI is InChI=1S/C38H29N3O3/c1-43-33-20-16-31(17-21-33)41(32-18-22-34(44-2)23-19-32)30-14-11-27(12-15-30)26-7-9-28(10-8-26)29-13-24-37-39-36-6-4-3-5-35(36)38(42)40(37)25-29/h3-25H,1-2H3. The predicted octanol–water partition coefficient (Wildman–Crippen LogP) is 8.67. The average Bonchev–Trinajstić information content (AvgIpc) is 3.09. The SMILES string of the molecule is COc1ccc(N(c2ccc(OC)cc2)c2ccc(-c3ccc(-c4ccc5nc6ccccc6c(=O)n5c4)cc3)cc2)cc1. The van der Waals surface area contributed by atoms with Crippen LogP contribution in [0.4, 0.5) is 17.1 Å². The molecule has 0 saturated carbocycles. The Hall–Kier alpha value is -5.88. The Morgan fingerprint density at radius 3 is 1.55 bits per heavy atom.